The molecule has 8 aromatic rings. The Hall–Kier alpha value is -5.02. The van der Waals surface area contributed by atoms with E-state index in [0.29, 0.717) is 0 Å². The molecule has 8 rings (SSSR count). The van der Waals surface area contributed by atoms with E-state index >= 15 is 0 Å². The maximum Gasteiger partial charge on any atom is 0.0979 e. The minimum absolute atomic E-state index is 0.878. The van der Waals surface area contributed by atoms with Crippen molar-refractivity contribution in [3.8, 4) is 22.4 Å². The first-order chi connectivity index (χ1) is 18.3. The van der Waals surface area contributed by atoms with Crippen molar-refractivity contribution in [3.63, 3.8) is 0 Å². The second kappa shape index (κ2) is 7.74. The van der Waals surface area contributed by atoms with Crippen LogP contribution in [0.15, 0.2) is 121 Å². The predicted molar refractivity (Wildman–Crippen MR) is 155 cm³/mol. The highest BCUT2D eigenvalue weighted by Crippen LogP contribution is 2.35. The summed E-state index contributed by atoms with van der Waals surface area (Å²) in [5.74, 6) is 0. The molecule has 0 aliphatic heterocycles. The number of fused-ring (bicyclic) bond motifs is 9. The largest absolute Gasteiger partial charge is 0.355 e. The van der Waals surface area contributed by atoms with Gasteiger partial charge in [-0.05, 0) is 46.2 Å². The topological polar surface area (TPSA) is 41.6 Å². The standard InChI is InChI=1S/C34H21N3/c1-3-13-27-24(10-1)25-11-2-4-14-28(25)34-33(27)35-20-32(37-34)23-9-7-8-21(18-23)22-16-17-31-29(19-22)26-12-5-6-15-30(26)36-31/h1-20,36H. The molecular weight excluding hydrogens is 450 g/mol. The van der Waals surface area contributed by atoms with Crippen LogP contribution in [0.4, 0.5) is 0 Å². The number of nitrogens with zero attached hydrogens (tertiary/aromatic N) is 2. The summed E-state index contributed by atoms with van der Waals surface area (Å²) >= 11 is 0. The first-order valence-electron chi connectivity index (χ1n) is 12.5. The monoisotopic (exact) mass is 471 g/mol. The molecule has 0 saturated heterocycles. The molecule has 3 nitrogen and oxygen atoms in total. The van der Waals surface area contributed by atoms with Gasteiger partial charge in [0.15, 0.2) is 0 Å². The van der Waals surface area contributed by atoms with Crippen LogP contribution < -0.4 is 0 Å². The normalized spacial score (nSPS) is 11.8. The summed E-state index contributed by atoms with van der Waals surface area (Å²) in [6, 6.07) is 40.6. The van der Waals surface area contributed by atoms with Crippen molar-refractivity contribution in [1.82, 2.24) is 15.0 Å². The molecule has 0 atom stereocenters. The zero-order valence-corrected chi connectivity index (χ0v) is 19.9. The zero-order chi connectivity index (χ0) is 24.3. The Balaban J connectivity index is 1.31. The van der Waals surface area contributed by atoms with Crippen LogP contribution in [0.1, 0.15) is 0 Å². The number of aromatic amines is 1. The maximum absolute atomic E-state index is 5.17. The molecule has 6 aromatic carbocycles. The summed E-state index contributed by atoms with van der Waals surface area (Å²) in [4.78, 5) is 13.6. The van der Waals surface area contributed by atoms with Gasteiger partial charge in [-0.3, -0.25) is 4.98 Å². The van der Waals surface area contributed by atoms with Crippen molar-refractivity contribution >= 4 is 54.4 Å². The molecule has 2 aromatic heterocycles. The molecule has 0 fully saturated rings. The first-order valence-corrected chi connectivity index (χ1v) is 12.5. The molecule has 0 saturated carbocycles. The van der Waals surface area contributed by atoms with Gasteiger partial charge in [0.2, 0.25) is 0 Å². The van der Waals surface area contributed by atoms with Crippen molar-refractivity contribution in [1.29, 1.82) is 0 Å². The lowest BCUT2D eigenvalue weighted by Crippen LogP contribution is -1.92. The van der Waals surface area contributed by atoms with Gasteiger partial charge in [0, 0.05) is 38.1 Å². The molecule has 3 heteroatoms. The predicted octanol–water partition coefficient (Wildman–Crippen LogP) is 8.90. The van der Waals surface area contributed by atoms with Crippen LogP contribution in [0.5, 0.6) is 0 Å². The highest BCUT2D eigenvalue weighted by Gasteiger charge is 2.13. The number of rotatable bonds is 2. The molecule has 0 aliphatic carbocycles. The van der Waals surface area contributed by atoms with E-state index in [1.807, 2.05) is 6.20 Å². The van der Waals surface area contributed by atoms with E-state index in [0.717, 1.165) is 49.7 Å². The average Bonchev–Trinajstić information content (AvgIpc) is 3.35. The van der Waals surface area contributed by atoms with E-state index in [1.165, 1.54) is 27.1 Å². The maximum atomic E-state index is 5.17. The molecule has 1 N–H and O–H groups in total. The van der Waals surface area contributed by atoms with Crippen molar-refractivity contribution in [2.45, 2.75) is 0 Å². The lowest BCUT2D eigenvalue weighted by Gasteiger charge is -2.11. The van der Waals surface area contributed by atoms with Gasteiger partial charge >= 0.3 is 0 Å². The summed E-state index contributed by atoms with van der Waals surface area (Å²) in [7, 11) is 0. The Kier molecular flexibility index (Phi) is 4.23. The Morgan fingerprint density at radius 1 is 0.432 bits per heavy atom. The summed E-state index contributed by atoms with van der Waals surface area (Å²) in [5.41, 5.74) is 8.48. The third kappa shape index (κ3) is 3.08. The number of hydrogen-bond donors (Lipinski definition) is 1. The Bertz CT molecular complexity index is 2120. The van der Waals surface area contributed by atoms with Gasteiger partial charge in [-0.1, -0.05) is 91.0 Å². The van der Waals surface area contributed by atoms with Crippen LogP contribution in [0, 0.1) is 0 Å². The Morgan fingerprint density at radius 3 is 1.86 bits per heavy atom. The highest BCUT2D eigenvalue weighted by atomic mass is 14.8. The van der Waals surface area contributed by atoms with E-state index in [1.54, 1.807) is 0 Å². The molecule has 0 bridgehead atoms. The Labute approximate surface area is 213 Å². The third-order valence-electron chi connectivity index (χ3n) is 7.42. The van der Waals surface area contributed by atoms with Crippen molar-refractivity contribution < 1.29 is 0 Å². The molecule has 172 valence electrons. The minimum Gasteiger partial charge on any atom is -0.355 e. The van der Waals surface area contributed by atoms with Crippen LogP contribution in [-0.4, -0.2) is 15.0 Å². The fourth-order valence-corrected chi connectivity index (χ4v) is 5.65. The van der Waals surface area contributed by atoms with E-state index in [2.05, 4.69) is 120 Å². The molecule has 2 heterocycles. The van der Waals surface area contributed by atoms with E-state index in [4.69, 9.17) is 9.97 Å². The van der Waals surface area contributed by atoms with Crippen molar-refractivity contribution in [2.24, 2.45) is 0 Å². The van der Waals surface area contributed by atoms with Gasteiger partial charge in [0.1, 0.15) is 0 Å². The smallest absolute Gasteiger partial charge is 0.0979 e. The van der Waals surface area contributed by atoms with Crippen LogP contribution in [0.2, 0.25) is 0 Å². The molecule has 0 unspecified atom stereocenters. The minimum atomic E-state index is 0.878. The van der Waals surface area contributed by atoms with Crippen LogP contribution in [0.25, 0.3) is 76.8 Å². The number of aromatic nitrogens is 3. The first kappa shape index (κ1) is 20.2. The number of nitrogens with one attached hydrogen (secondary N) is 1. The molecule has 0 radical (unpaired) electrons. The average molecular weight is 472 g/mol. The zero-order valence-electron chi connectivity index (χ0n) is 19.9. The third-order valence-corrected chi connectivity index (χ3v) is 7.42. The van der Waals surface area contributed by atoms with Gasteiger partial charge in [-0.25, -0.2) is 4.98 Å². The fourth-order valence-electron chi connectivity index (χ4n) is 5.65. The van der Waals surface area contributed by atoms with E-state index in [9.17, 15) is 0 Å². The molecule has 0 spiro atoms. The Morgan fingerprint density at radius 2 is 1.05 bits per heavy atom. The molecule has 0 amide bonds. The van der Waals surface area contributed by atoms with Gasteiger partial charge in [-0.15, -0.1) is 0 Å². The fraction of sp³-hybridized carbons (Fsp3) is 0. The van der Waals surface area contributed by atoms with Crippen LogP contribution >= 0.6 is 0 Å². The van der Waals surface area contributed by atoms with Gasteiger partial charge in [0.05, 0.1) is 22.9 Å². The second-order valence-electron chi connectivity index (χ2n) is 9.56. The van der Waals surface area contributed by atoms with Crippen LogP contribution in [-0.2, 0) is 0 Å². The highest BCUT2D eigenvalue weighted by molar-refractivity contribution is 6.23. The molecule has 37 heavy (non-hydrogen) atoms. The number of H-pyrrole nitrogens is 1. The molecule has 0 aliphatic rings. The second-order valence-corrected chi connectivity index (χ2v) is 9.56. The van der Waals surface area contributed by atoms with E-state index < -0.39 is 0 Å². The quantitative estimate of drug-likeness (QED) is 0.256. The van der Waals surface area contributed by atoms with E-state index in [-0.39, 0.29) is 0 Å². The number of para-hydroxylation sites is 1. The summed E-state index contributed by atoms with van der Waals surface area (Å²) in [5, 5.41) is 7.17. The van der Waals surface area contributed by atoms with Crippen molar-refractivity contribution in [3.05, 3.63) is 121 Å². The van der Waals surface area contributed by atoms with Gasteiger partial charge in [-0.2, -0.15) is 0 Å². The van der Waals surface area contributed by atoms with Gasteiger partial charge in [0.25, 0.3) is 0 Å². The molecular formula is C34H21N3. The summed E-state index contributed by atoms with van der Waals surface area (Å²) in [6.45, 7) is 0. The summed E-state index contributed by atoms with van der Waals surface area (Å²) < 4.78 is 0. The van der Waals surface area contributed by atoms with Gasteiger partial charge < -0.3 is 4.98 Å². The van der Waals surface area contributed by atoms with Crippen LogP contribution in [0.3, 0.4) is 0 Å². The lowest BCUT2D eigenvalue weighted by atomic mass is 9.98. The SMILES string of the molecule is c1cc(-c2ccc3[nH]c4ccccc4c3c2)cc(-c2cnc3c4ccccc4c4ccccc4c3n2)c1. The summed E-state index contributed by atoms with van der Waals surface area (Å²) in [6.07, 6.45) is 1.91. The van der Waals surface area contributed by atoms with Crippen molar-refractivity contribution in [2.75, 3.05) is 0 Å². The number of hydrogen-bond acceptors (Lipinski definition) is 2. The number of benzene rings is 6. The lowest BCUT2D eigenvalue weighted by molar-refractivity contribution is 1.31.